The number of oxazole rings is 1. The number of hydrogen-bond donors (Lipinski definition) is 0. The molecule has 0 fully saturated rings. The summed E-state index contributed by atoms with van der Waals surface area (Å²) >= 11 is 0. The van der Waals surface area contributed by atoms with Crippen molar-refractivity contribution in [3.8, 4) is 22.8 Å². The third kappa shape index (κ3) is 3.06. The van der Waals surface area contributed by atoms with Crippen molar-refractivity contribution in [2.24, 2.45) is 0 Å². The van der Waals surface area contributed by atoms with Crippen LogP contribution >= 0.6 is 0 Å². The molecule has 2 aromatic heterocycles. The molecule has 0 unspecified atom stereocenters. The van der Waals surface area contributed by atoms with Crippen molar-refractivity contribution in [1.82, 2.24) is 4.98 Å². The molecule has 0 aliphatic rings. The number of nitrogens with zero attached hydrogens (tertiary/aromatic N) is 1. The van der Waals surface area contributed by atoms with E-state index >= 15 is 0 Å². The van der Waals surface area contributed by atoms with Crippen LogP contribution in [0, 0.1) is 0 Å². The number of rotatable bonds is 5. The Labute approximate surface area is 131 Å². The van der Waals surface area contributed by atoms with Gasteiger partial charge in [0.1, 0.15) is 12.0 Å². The van der Waals surface area contributed by atoms with Crippen LogP contribution in [0.3, 0.4) is 0 Å². The maximum absolute atomic E-state index is 11.6. The van der Waals surface area contributed by atoms with Gasteiger partial charge in [-0.15, -0.1) is 0 Å². The van der Waals surface area contributed by atoms with Crippen molar-refractivity contribution in [3.05, 3.63) is 54.1 Å². The molecule has 23 heavy (non-hydrogen) atoms. The first kappa shape index (κ1) is 14.8. The standard InChI is InChI=1S/C17H13NO5/c1-2-21-17(20)14-10-22-16(18-14)12-5-3-11(4-6-12)15-8-7-13(9-19)23-15/h3-10H,2H2,1H3. The van der Waals surface area contributed by atoms with Gasteiger partial charge in [-0.2, -0.15) is 0 Å². The fourth-order valence-corrected chi connectivity index (χ4v) is 2.05. The van der Waals surface area contributed by atoms with Gasteiger partial charge in [-0.3, -0.25) is 4.79 Å². The summed E-state index contributed by atoms with van der Waals surface area (Å²) in [5.74, 6) is 0.679. The Morgan fingerprint density at radius 3 is 2.57 bits per heavy atom. The summed E-state index contributed by atoms with van der Waals surface area (Å²) in [6.45, 7) is 2.00. The van der Waals surface area contributed by atoms with Crippen molar-refractivity contribution >= 4 is 12.3 Å². The maximum Gasteiger partial charge on any atom is 0.360 e. The molecule has 116 valence electrons. The molecule has 0 N–H and O–H groups in total. The molecular formula is C17H13NO5. The average Bonchev–Trinajstić information content (AvgIpc) is 3.25. The van der Waals surface area contributed by atoms with Crippen LogP contribution in [0.2, 0.25) is 0 Å². The molecule has 0 radical (unpaired) electrons. The Morgan fingerprint density at radius 1 is 1.17 bits per heavy atom. The third-order valence-electron chi connectivity index (χ3n) is 3.15. The summed E-state index contributed by atoms with van der Waals surface area (Å²) in [7, 11) is 0. The van der Waals surface area contributed by atoms with Crippen molar-refractivity contribution in [3.63, 3.8) is 0 Å². The van der Waals surface area contributed by atoms with Gasteiger partial charge in [-0.25, -0.2) is 9.78 Å². The summed E-state index contributed by atoms with van der Waals surface area (Å²) < 4.78 is 15.5. The molecule has 0 aliphatic heterocycles. The lowest BCUT2D eigenvalue weighted by Gasteiger charge is -1.99. The normalized spacial score (nSPS) is 10.5. The average molecular weight is 311 g/mol. The summed E-state index contributed by atoms with van der Waals surface area (Å²) in [6.07, 6.45) is 1.92. The van der Waals surface area contributed by atoms with Crippen molar-refractivity contribution in [1.29, 1.82) is 0 Å². The minimum Gasteiger partial charge on any atom is -0.461 e. The second kappa shape index (κ2) is 6.31. The van der Waals surface area contributed by atoms with Crippen LogP contribution in [-0.4, -0.2) is 23.8 Å². The highest BCUT2D eigenvalue weighted by Crippen LogP contribution is 2.25. The van der Waals surface area contributed by atoms with Crippen LogP contribution in [0.1, 0.15) is 28.0 Å². The van der Waals surface area contributed by atoms with E-state index in [2.05, 4.69) is 4.98 Å². The SMILES string of the molecule is CCOC(=O)c1coc(-c2ccc(-c3ccc(C=O)o3)cc2)n1. The zero-order valence-corrected chi connectivity index (χ0v) is 12.3. The fourth-order valence-electron chi connectivity index (χ4n) is 2.05. The summed E-state index contributed by atoms with van der Waals surface area (Å²) in [5.41, 5.74) is 1.66. The van der Waals surface area contributed by atoms with Crippen LogP contribution < -0.4 is 0 Å². The molecule has 0 atom stereocenters. The second-order valence-electron chi connectivity index (χ2n) is 4.66. The van der Waals surface area contributed by atoms with Gasteiger partial charge in [-0.05, 0) is 31.2 Å². The van der Waals surface area contributed by atoms with E-state index in [0.29, 0.717) is 23.5 Å². The molecule has 0 bridgehead atoms. The first-order valence-electron chi connectivity index (χ1n) is 6.99. The maximum atomic E-state index is 11.6. The molecule has 0 saturated carbocycles. The highest BCUT2D eigenvalue weighted by atomic mass is 16.5. The number of carbonyl (C=O) groups is 2. The van der Waals surface area contributed by atoms with Gasteiger partial charge < -0.3 is 13.6 Å². The lowest BCUT2D eigenvalue weighted by Crippen LogP contribution is -2.04. The van der Waals surface area contributed by atoms with E-state index in [1.807, 2.05) is 12.1 Å². The zero-order chi connectivity index (χ0) is 16.2. The van der Waals surface area contributed by atoms with Gasteiger partial charge in [0.2, 0.25) is 5.89 Å². The van der Waals surface area contributed by atoms with Crippen molar-refractivity contribution in [2.75, 3.05) is 6.61 Å². The van der Waals surface area contributed by atoms with Gasteiger partial charge in [0.25, 0.3) is 0 Å². The molecule has 6 heteroatoms. The number of furan rings is 1. The lowest BCUT2D eigenvalue weighted by molar-refractivity contribution is 0.0519. The summed E-state index contributed by atoms with van der Waals surface area (Å²) in [6, 6.07) is 10.5. The number of ether oxygens (including phenoxy) is 1. The Morgan fingerprint density at radius 2 is 1.91 bits per heavy atom. The highest BCUT2D eigenvalue weighted by molar-refractivity contribution is 5.87. The predicted octanol–water partition coefficient (Wildman–Crippen LogP) is 3.59. The molecule has 0 amide bonds. The van der Waals surface area contributed by atoms with Gasteiger partial charge in [0.05, 0.1) is 6.61 Å². The Bertz CT molecular complexity index is 829. The lowest BCUT2D eigenvalue weighted by atomic mass is 10.1. The number of hydrogen-bond acceptors (Lipinski definition) is 6. The third-order valence-corrected chi connectivity index (χ3v) is 3.15. The second-order valence-corrected chi connectivity index (χ2v) is 4.66. The van der Waals surface area contributed by atoms with E-state index in [0.717, 1.165) is 5.56 Å². The Balaban J connectivity index is 1.82. The molecule has 2 heterocycles. The zero-order valence-electron chi connectivity index (χ0n) is 12.3. The van der Waals surface area contributed by atoms with Crippen LogP contribution in [-0.2, 0) is 4.74 Å². The van der Waals surface area contributed by atoms with Crippen LogP contribution in [0.5, 0.6) is 0 Å². The number of aldehydes is 1. The topological polar surface area (TPSA) is 82.5 Å². The molecule has 3 rings (SSSR count). The van der Waals surface area contributed by atoms with E-state index < -0.39 is 5.97 Å². The molecule has 1 aromatic carbocycles. The molecule has 0 spiro atoms. The summed E-state index contributed by atoms with van der Waals surface area (Å²) in [4.78, 5) is 26.3. The minimum atomic E-state index is -0.518. The molecule has 0 aliphatic carbocycles. The quantitative estimate of drug-likeness (QED) is 0.529. The number of carbonyl (C=O) groups excluding carboxylic acids is 2. The first-order chi connectivity index (χ1) is 11.2. The fraction of sp³-hybridized carbons (Fsp3) is 0.118. The first-order valence-corrected chi connectivity index (χ1v) is 6.99. The molecule has 6 nitrogen and oxygen atoms in total. The molecule has 3 aromatic rings. The monoisotopic (exact) mass is 311 g/mol. The van der Waals surface area contributed by atoms with Crippen LogP contribution in [0.15, 0.2) is 51.5 Å². The van der Waals surface area contributed by atoms with E-state index in [-0.39, 0.29) is 18.1 Å². The van der Waals surface area contributed by atoms with Gasteiger partial charge in [0, 0.05) is 11.1 Å². The highest BCUT2D eigenvalue weighted by Gasteiger charge is 2.14. The van der Waals surface area contributed by atoms with Gasteiger partial charge >= 0.3 is 5.97 Å². The van der Waals surface area contributed by atoms with E-state index in [1.165, 1.54) is 6.26 Å². The van der Waals surface area contributed by atoms with Crippen molar-refractivity contribution < 1.29 is 23.2 Å². The number of aromatic nitrogens is 1. The Kier molecular flexibility index (Phi) is 4.05. The van der Waals surface area contributed by atoms with Crippen LogP contribution in [0.4, 0.5) is 0 Å². The van der Waals surface area contributed by atoms with E-state index in [1.54, 1.807) is 31.2 Å². The van der Waals surface area contributed by atoms with E-state index in [4.69, 9.17) is 13.6 Å². The van der Waals surface area contributed by atoms with Gasteiger partial charge in [0.15, 0.2) is 17.7 Å². The largest absolute Gasteiger partial charge is 0.461 e. The predicted molar refractivity (Wildman–Crippen MR) is 81.0 cm³/mol. The number of esters is 1. The molecule has 0 saturated heterocycles. The number of benzene rings is 1. The summed E-state index contributed by atoms with van der Waals surface area (Å²) in [5, 5.41) is 0. The molecular weight excluding hydrogens is 298 g/mol. The van der Waals surface area contributed by atoms with E-state index in [9.17, 15) is 9.59 Å². The Hall–Kier alpha value is -3.15. The van der Waals surface area contributed by atoms with Gasteiger partial charge in [-0.1, -0.05) is 12.1 Å². The smallest absolute Gasteiger partial charge is 0.360 e. The van der Waals surface area contributed by atoms with Crippen molar-refractivity contribution in [2.45, 2.75) is 6.92 Å². The minimum absolute atomic E-state index is 0.132. The van der Waals surface area contributed by atoms with Crippen LogP contribution in [0.25, 0.3) is 22.8 Å².